The molecule has 0 spiro atoms. The molecule has 34 heavy (non-hydrogen) atoms. The van der Waals surface area contributed by atoms with Gasteiger partial charge in [-0.1, -0.05) is 29.8 Å². The lowest BCUT2D eigenvalue weighted by Gasteiger charge is -2.24. The zero-order chi connectivity index (χ0) is 25.0. The number of nitrogens with zero attached hydrogens (tertiary/aromatic N) is 1. The van der Waals surface area contributed by atoms with Gasteiger partial charge in [0.05, 0.1) is 29.3 Å². The third-order valence-corrected chi connectivity index (χ3v) is 7.74. The lowest BCUT2D eigenvalue weighted by Crippen LogP contribution is -2.36. The first kappa shape index (κ1) is 25.5. The molecule has 0 unspecified atom stereocenters. The van der Waals surface area contributed by atoms with Crippen LogP contribution in [0.3, 0.4) is 0 Å². The van der Waals surface area contributed by atoms with Crippen LogP contribution < -0.4 is 13.8 Å². The van der Waals surface area contributed by atoms with Crippen LogP contribution >= 0.6 is 15.9 Å². The highest BCUT2D eigenvalue weighted by Gasteiger charge is 2.31. The summed E-state index contributed by atoms with van der Waals surface area (Å²) in [5, 5.41) is 0. The minimum absolute atomic E-state index is 0.0367. The molecule has 0 radical (unpaired) electrons. The van der Waals surface area contributed by atoms with Crippen molar-refractivity contribution >= 4 is 43.6 Å². The van der Waals surface area contributed by atoms with Gasteiger partial charge in [0.25, 0.3) is 15.9 Å². The molecule has 0 fully saturated rings. The first-order valence-corrected chi connectivity index (χ1v) is 12.6. The summed E-state index contributed by atoms with van der Waals surface area (Å²) in [6.07, 6.45) is 2.78. The highest BCUT2D eigenvalue weighted by molar-refractivity contribution is 9.10. The Balaban J connectivity index is 2.10. The fraction of sp³-hybridized carbons (Fsp3) is 0.192. The zero-order valence-electron chi connectivity index (χ0n) is 19.6. The monoisotopic (exact) mass is 543 g/mol. The number of aryl methyl sites for hydroxylation is 2. The van der Waals surface area contributed by atoms with Crippen molar-refractivity contribution < 1.29 is 22.7 Å². The van der Waals surface area contributed by atoms with Crippen molar-refractivity contribution in [1.29, 1.82) is 0 Å². The molecule has 0 N–H and O–H groups in total. The average molecular weight is 544 g/mol. The number of carbonyl (C=O) groups is 1. The summed E-state index contributed by atoms with van der Waals surface area (Å²) >= 11 is 3.43. The Bertz CT molecular complexity index is 1350. The van der Waals surface area contributed by atoms with Crippen LogP contribution in [0.1, 0.15) is 22.3 Å². The van der Waals surface area contributed by atoms with E-state index in [1.165, 1.54) is 38.5 Å². The van der Waals surface area contributed by atoms with Gasteiger partial charge in [0.2, 0.25) is 0 Å². The maximum Gasteiger partial charge on any atom is 0.271 e. The van der Waals surface area contributed by atoms with Crippen LogP contribution in [0.15, 0.2) is 70.0 Å². The van der Waals surface area contributed by atoms with Gasteiger partial charge in [0.1, 0.15) is 0 Å². The largest absolute Gasteiger partial charge is 0.493 e. The number of halogens is 1. The second-order valence-corrected chi connectivity index (χ2v) is 10.4. The quantitative estimate of drug-likeness (QED) is 0.350. The molecule has 0 bridgehead atoms. The molecule has 3 rings (SSSR count). The van der Waals surface area contributed by atoms with Gasteiger partial charge in [-0.3, -0.25) is 4.79 Å². The van der Waals surface area contributed by atoms with E-state index in [1.54, 1.807) is 43.3 Å². The number of amides is 1. The average Bonchev–Trinajstić information content (AvgIpc) is 2.80. The minimum atomic E-state index is -4.17. The number of hydrogen-bond donors (Lipinski definition) is 0. The predicted molar refractivity (Wildman–Crippen MR) is 138 cm³/mol. The smallest absolute Gasteiger partial charge is 0.271 e. The number of rotatable bonds is 7. The van der Waals surface area contributed by atoms with E-state index in [-0.39, 0.29) is 4.90 Å². The summed E-state index contributed by atoms with van der Waals surface area (Å²) in [5.74, 6) is 0.299. The summed E-state index contributed by atoms with van der Waals surface area (Å²) in [6, 6.07) is 15.1. The van der Waals surface area contributed by atoms with Gasteiger partial charge in [0.15, 0.2) is 11.5 Å². The highest BCUT2D eigenvalue weighted by atomic mass is 79.9. The van der Waals surface area contributed by atoms with Gasteiger partial charge < -0.3 is 9.47 Å². The topological polar surface area (TPSA) is 72.9 Å². The molecule has 8 heteroatoms. The maximum absolute atomic E-state index is 13.6. The normalized spacial score (nSPS) is 11.5. The Labute approximate surface area is 209 Å². The van der Waals surface area contributed by atoms with E-state index >= 15 is 0 Å². The SMILES string of the molecule is COc1cc(/C=C/C(=O)N(c2cccc(C)c2C)S(=O)(=O)c2ccc(C)cc2)cc(Br)c1OC. The summed E-state index contributed by atoms with van der Waals surface area (Å²) < 4.78 is 39.4. The fourth-order valence-electron chi connectivity index (χ4n) is 3.41. The number of ether oxygens (including phenoxy) is 2. The maximum atomic E-state index is 13.6. The third-order valence-electron chi connectivity index (χ3n) is 5.43. The van der Waals surface area contributed by atoms with E-state index in [1.807, 2.05) is 19.9 Å². The molecule has 0 aromatic heterocycles. The van der Waals surface area contributed by atoms with Crippen molar-refractivity contribution in [1.82, 2.24) is 0 Å². The van der Waals surface area contributed by atoms with E-state index in [0.29, 0.717) is 32.8 Å². The Morgan fingerprint density at radius 1 is 0.971 bits per heavy atom. The molecule has 0 aliphatic rings. The Morgan fingerprint density at radius 2 is 1.65 bits per heavy atom. The van der Waals surface area contributed by atoms with Crippen molar-refractivity contribution in [2.75, 3.05) is 18.5 Å². The molecule has 0 atom stereocenters. The number of sulfonamides is 1. The van der Waals surface area contributed by atoms with Crippen LogP contribution in [-0.4, -0.2) is 28.5 Å². The zero-order valence-corrected chi connectivity index (χ0v) is 22.0. The molecule has 178 valence electrons. The van der Waals surface area contributed by atoms with E-state index in [9.17, 15) is 13.2 Å². The molecule has 0 heterocycles. The van der Waals surface area contributed by atoms with Gasteiger partial charge >= 0.3 is 0 Å². The number of carbonyl (C=O) groups excluding carboxylic acids is 1. The van der Waals surface area contributed by atoms with Crippen molar-refractivity contribution in [2.24, 2.45) is 0 Å². The number of benzene rings is 3. The van der Waals surface area contributed by atoms with Crippen LogP contribution in [0, 0.1) is 20.8 Å². The standard InChI is InChI=1S/C26H26BrNO5S/c1-17-9-12-21(13-10-17)34(30,31)28(23-8-6-7-18(2)19(23)3)25(29)14-11-20-15-22(27)26(33-5)24(16-20)32-4/h6-16H,1-5H3/b14-11+. The van der Waals surface area contributed by atoms with Crippen LogP contribution in [0.5, 0.6) is 11.5 Å². The van der Waals surface area contributed by atoms with Gasteiger partial charge in [-0.05, 0) is 89.8 Å². The van der Waals surface area contributed by atoms with Crippen LogP contribution in [0.25, 0.3) is 6.08 Å². The molecular formula is C26H26BrNO5S. The summed E-state index contributed by atoms with van der Waals surface area (Å²) in [7, 11) is -1.13. The van der Waals surface area contributed by atoms with Crippen LogP contribution in [-0.2, 0) is 14.8 Å². The van der Waals surface area contributed by atoms with Gasteiger partial charge in [-0.25, -0.2) is 8.42 Å². The Morgan fingerprint density at radius 3 is 2.26 bits per heavy atom. The number of anilines is 1. The lowest BCUT2D eigenvalue weighted by molar-refractivity contribution is -0.113. The van der Waals surface area contributed by atoms with Gasteiger partial charge in [-0.2, -0.15) is 4.31 Å². The molecule has 1 amide bonds. The molecule has 6 nitrogen and oxygen atoms in total. The van der Waals surface area contributed by atoms with Crippen molar-refractivity contribution in [3.63, 3.8) is 0 Å². The number of methoxy groups -OCH3 is 2. The predicted octanol–water partition coefficient (Wildman–Crippen LogP) is 5.83. The first-order valence-electron chi connectivity index (χ1n) is 10.4. The second-order valence-electron chi connectivity index (χ2n) is 7.71. The first-order chi connectivity index (χ1) is 16.1. The van der Waals surface area contributed by atoms with Crippen LogP contribution in [0.2, 0.25) is 0 Å². The number of hydrogen-bond acceptors (Lipinski definition) is 5. The van der Waals surface area contributed by atoms with E-state index < -0.39 is 15.9 Å². The minimum Gasteiger partial charge on any atom is -0.493 e. The van der Waals surface area contributed by atoms with Gasteiger partial charge in [0, 0.05) is 6.08 Å². The molecule has 0 saturated heterocycles. The third kappa shape index (κ3) is 5.18. The van der Waals surface area contributed by atoms with E-state index in [2.05, 4.69) is 15.9 Å². The second kappa shape index (κ2) is 10.4. The van der Waals surface area contributed by atoms with Crippen molar-refractivity contribution in [3.05, 3.63) is 87.4 Å². The molecular weight excluding hydrogens is 518 g/mol. The summed E-state index contributed by atoms with van der Waals surface area (Å²) in [5.41, 5.74) is 3.44. The van der Waals surface area contributed by atoms with Crippen molar-refractivity contribution in [2.45, 2.75) is 25.7 Å². The highest BCUT2D eigenvalue weighted by Crippen LogP contribution is 2.37. The summed E-state index contributed by atoms with van der Waals surface area (Å²) in [6.45, 7) is 5.54. The molecule has 0 aliphatic carbocycles. The fourth-order valence-corrected chi connectivity index (χ4v) is 5.47. The van der Waals surface area contributed by atoms with E-state index in [4.69, 9.17) is 9.47 Å². The molecule has 3 aromatic carbocycles. The van der Waals surface area contributed by atoms with E-state index in [0.717, 1.165) is 15.4 Å². The molecule has 3 aromatic rings. The molecule has 0 aliphatic heterocycles. The van der Waals surface area contributed by atoms with Gasteiger partial charge in [-0.15, -0.1) is 0 Å². The Kier molecular flexibility index (Phi) is 7.84. The van der Waals surface area contributed by atoms with Crippen LogP contribution in [0.4, 0.5) is 5.69 Å². The lowest BCUT2D eigenvalue weighted by atomic mass is 10.1. The Hall–Kier alpha value is -3.10. The molecule has 0 saturated carbocycles. The van der Waals surface area contributed by atoms with Crippen molar-refractivity contribution in [3.8, 4) is 11.5 Å². The summed E-state index contributed by atoms with van der Waals surface area (Å²) in [4.78, 5) is 13.5.